The van der Waals surface area contributed by atoms with Crippen LogP contribution in [0.3, 0.4) is 0 Å². The molecule has 4 aromatic rings. The van der Waals surface area contributed by atoms with E-state index in [1.807, 2.05) is 48.5 Å². The van der Waals surface area contributed by atoms with Gasteiger partial charge in [-0.3, -0.25) is 4.79 Å². The van der Waals surface area contributed by atoms with Gasteiger partial charge in [0.15, 0.2) is 0 Å². The number of rotatable bonds is 9. The molecule has 1 heterocycles. The van der Waals surface area contributed by atoms with E-state index in [9.17, 15) is 4.79 Å². The van der Waals surface area contributed by atoms with E-state index < -0.39 is 0 Å². The number of carbonyl (C=O) groups is 1. The highest BCUT2D eigenvalue weighted by Gasteiger charge is 2.30. The molecule has 40 heavy (non-hydrogen) atoms. The predicted octanol–water partition coefficient (Wildman–Crippen LogP) is 6.21. The zero-order valence-electron chi connectivity index (χ0n) is 22.8. The molecule has 0 atom stereocenters. The number of nitrogens with one attached hydrogen (secondary N) is 2. The summed E-state index contributed by atoms with van der Waals surface area (Å²) in [6.07, 6.45) is 1.36. The van der Waals surface area contributed by atoms with Crippen LogP contribution in [-0.4, -0.2) is 10.9 Å². The van der Waals surface area contributed by atoms with Gasteiger partial charge in [0.1, 0.15) is 5.82 Å². The molecule has 3 aromatic carbocycles. The van der Waals surface area contributed by atoms with Gasteiger partial charge in [0.05, 0.1) is 17.1 Å². The summed E-state index contributed by atoms with van der Waals surface area (Å²) in [6, 6.07) is 30.4. The van der Waals surface area contributed by atoms with Crippen molar-refractivity contribution in [1.29, 1.82) is 0 Å². The number of nitrogens with two attached hydrogens (primary N) is 2. The first kappa shape index (κ1) is 26.5. The lowest BCUT2D eigenvalue weighted by atomic mass is 10.0. The molecule has 1 aromatic heterocycles. The maximum atomic E-state index is 12.2. The Labute approximate surface area is 235 Å². The van der Waals surface area contributed by atoms with Gasteiger partial charge in [-0.15, -0.1) is 0 Å². The highest BCUT2D eigenvalue weighted by Crippen LogP contribution is 2.37. The Bertz CT molecular complexity index is 1650. The Hall–Kier alpha value is -5.10. The van der Waals surface area contributed by atoms with Crippen molar-refractivity contribution in [3.63, 3.8) is 0 Å². The lowest BCUT2D eigenvalue weighted by Gasteiger charge is -2.12. The standard InChI is InChI=1S/C34H33N5O/c1-21(2)34(40)37-27-11-7-10-26(20-27)29-18-25(16-23-8-5-4-6-9-23)19-30(38-29)39-33-31(32(33)36)28(35)17-24-14-12-22(3)13-15-24/h4-15,18-20H,1,16-17,35-36H2,2-3H3,(H,37,40)(H,38,39)/b31-28+. The molecule has 6 heteroatoms. The van der Waals surface area contributed by atoms with E-state index in [-0.39, 0.29) is 5.91 Å². The quantitative estimate of drug-likeness (QED) is 0.194. The fourth-order valence-corrected chi connectivity index (χ4v) is 4.53. The summed E-state index contributed by atoms with van der Waals surface area (Å²) in [7, 11) is 0. The first-order valence-electron chi connectivity index (χ1n) is 13.2. The number of pyridine rings is 1. The minimum Gasteiger partial charge on any atom is -0.401 e. The summed E-state index contributed by atoms with van der Waals surface area (Å²) in [6.45, 7) is 7.47. The summed E-state index contributed by atoms with van der Waals surface area (Å²) in [5.74, 6) is 0.458. The third-order valence-corrected chi connectivity index (χ3v) is 6.76. The number of nitrogens with zero attached hydrogens (tertiary/aromatic N) is 1. The average molecular weight is 528 g/mol. The SMILES string of the molecule is C=C(C)C(=O)Nc1cccc(-c2cc(Cc3ccccc3)cc(NC3=C(N)C/3=C(\N)Cc3ccc(C)cc3)n2)c1. The normalized spacial score (nSPS) is 13.6. The van der Waals surface area contributed by atoms with Gasteiger partial charge in [-0.25, -0.2) is 4.98 Å². The van der Waals surface area contributed by atoms with Gasteiger partial charge in [-0.1, -0.05) is 78.9 Å². The fraction of sp³-hybridized carbons (Fsp3) is 0.118. The van der Waals surface area contributed by atoms with Crippen LogP contribution in [0.5, 0.6) is 0 Å². The molecule has 6 N–H and O–H groups in total. The predicted molar refractivity (Wildman–Crippen MR) is 163 cm³/mol. The van der Waals surface area contributed by atoms with Crippen molar-refractivity contribution in [2.75, 3.05) is 10.6 Å². The molecule has 0 spiro atoms. The van der Waals surface area contributed by atoms with Crippen molar-refractivity contribution < 1.29 is 4.79 Å². The zero-order valence-corrected chi connectivity index (χ0v) is 22.8. The Morgan fingerprint density at radius 2 is 1.65 bits per heavy atom. The van der Waals surface area contributed by atoms with Gasteiger partial charge in [0, 0.05) is 34.5 Å². The van der Waals surface area contributed by atoms with Crippen molar-refractivity contribution in [1.82, 2.24) is 4.98 Å². The van der Waals surface area contributed by atoms with Crippen LogP contribution in [0.15, 0.2) is 126 Å². The Kier molecular flexibility index (Phi) is 7.51. The van der Waals surface area contributed by atoms with Gasteiger partial charge in [-0.05, 0) is 61.2 Å². The Morgan fingerprint density at radius 3 is 2.38 bits per heavy atom. The van der Waals surface area contributed by atoms with E-state index in [0.717, 1.165) is 45.8 Å². The van der Waals surface area contributed by atoms with Gasteiger partial charge >= 0.3 is 0 Å². The monoisotopic (exact) mass is 527 g/mol. The van der Waals surface area contributed by atoms with E-state index >= 15 is 0 Å². The summed E-state index contributed by atoms with van der Waals surface area (Å²) in [5, 5.41) is 6.30. The summed E-state index contributed by atoms with van der Waals surface area (Å²) < 4.78 is 0. The highest BCUT2D eigenvalue weighted by atomic mass is 16.1. The molecular weight excluding hydrogens is 494 g/mol. The van der Waals surface area contributed by atoms with Crippen LogP contribution >= 0.6 is 0 Å². The van der Waals surface area contributed by atoms with Crippen molar-refractivity contribution in [2.24, 2.45) is 11.5 Å². The van der Waals surface area contributed by atoms with E-state index in [0.29, 0.717) is 29.2 Å². The number of anilines is 2. The van der Waals surface area contributed by atoms with Crippen molar-refractivity contribution in [3.8, 4) is 11.3 Å². The van der Waals surface area contributed by atoms with Crippen molar-refractivity contribution in [2.45, 2.75) is 26.7 Å². The number of aryl methyl sites for hydroxylation is 1. The molecule has 0 unspecified atom stereocenters. The second kappa shape index (κ2) is 11.3. The molecular formula is C34H33N5O. The molecule has 1 aliphatic carbocycles. The first-order valence-corrected chi connectivity index (χ1v) is 13.2. The molecule has 6 nitrogen and oxygen atoms in total. The minimum absolute atomic E-state index is 0.219. The van der Waals surface area contributed by atoms with Gasteiger partial charge < -0.3 is 22.1 Å². The molecule has 0 fully saturated rings. The number of carbonyl (C=O) groups excluding carboxylic acids is 1. The lowest BCUT2D eigenvalue weighted by molar-refractivity contribution is -0.112. The van der Waals surface area contributed by atoms with Crippen LogP contribution in [-0.2, 0) is 17.6 Å². The largest absolute Gasteiger partial charge is 0.401 e. The zero-order chi connectivity index (χ0) is 28.2. The summed E-state index contributed by atoms with van der Waals surface area (Å²) >= 11 is 0. The molecule has 5 rings (SSSR count). The van der Waals surface area contributed by atoms with Gasteiger partial charge in [0.25, 0.3) is 5.91 Å². The smallest absolute Gasteiger partial charge is 0.250 e. The van der Waals surface area contributed by atoms with Gasteiger partial charge in [-0.2, -0.15) is 0 Å². The second-order valence-corrected chi connectivity index (χ2v) is 10.2. The van der Waals surface area contributed by atoms with Crippen LogP contribution < -0.4 is 22.1 Å². The third kappa shape index (κ3) is 6.30. The molecule has 1 amide bonds. The first-order chi connectivity index (χ1) is 19.3. The molecule has 0 aliphatic heterocycles. The van der Waals surface area contributed by atoms with Gasteiger partial charge in [0.2, 0.25) is 0 Å². The molecule has 0 radical (unpaired) electrons. The minimum atomic E-state index is -0.219. The van der Waals surface area contributed by atoms with Crippen LogP contribution in [0, 0.1) is 6.92 Å². The molecule has 0 saturated carbocycles. The molecule has 1 aliphatic rings. The molecule has 0 saturated heterocycles. The number of amides is 1. The van der Waals surface area contributed by atoms with Crippen LogP contribution in [0.4, 0.5) is 11.5 Å². The summed E-state index contributed by atoms with van der Waals surface area (Å²) in [4.78, 5) is 17.1. The lowest BCUT2D eigenvalue weighted by Crippen LogP contribution is -2.11. The number of hydrogen-bond donors (Lipinski definition) is 4. The highest BCUT2D eigenvalue weighted by molar-refractivity contribution is 6.03. The van der Waals surface area contributed by atoms with Crippen LogP contribution in [0.2, 0.25) is 0 Å². The number of hydrogen-bond acceptors (Lipinski definition) is 5. The van der Waals surface area contributed by atoms with E-state index in [1.165, 1.54) is 11.1 Å². The average Bonchev–Trinajstić information content (AvgIpc) is 3.58. The maximum Gasteiger partial charge on any atom is 0.250 e. The second-order valence-electron chi connectivity index (χ2n) is 10.2. The molecule has 0 bridgehead atoms. The fourth-order valence-electron chi connectivity index (χ4n) is 4.53. The van der Waals surface area contributed by atoms with E-state index in [4.69, 9.17) is 16.5 Å². The number of aromatic nitrogens is 1. The topological polar surface area (TPSA) is 106 Å². The van der Waals surface area contributed by atoms with Crippen LogP contribution in [0.1, 0.15) is 29.2 Å². The Balaban J connectivity index is 1.44. The summed E-state index contributed by atoms with van der Waals surface area (Å²) in [5.41, 5.74) is 23.3. The van der Waals surface area contributed by atoms with E-state index in [1.54, 1.807) is 6.92 Å². The Morgan fingerprint density at radius 1 is 0.900 bits per heavy atom. The number of allylic oxidation sites excluding steroid dienone is 3. The molecule has 200 valence electrons. The third-order valence-electron chi connectivity index (χ3n) is 6.76. The van der Waals surface area contributed by atoms with Crippen LogP contribution in [0.25, 0.3) is 11.3 Å². The number of benzene rings is 3. The van der Waals surface area contributed by atoms with E-state index in [2.05, 4.69) is 66.6 Å². The van der Waals surface area contributed by atoms with Crippen molar-refractivity contribution >= 4 is 17.4 Å². The van der Waals surface area contributed by atoms with Crippen molar-refractivity contribution in [3.05, 3.63) is 148 Å². The maximum absolute atomic E-state index is 12.2.